The van der Waals surface area contributed by atoms with Gasteiger partial charge in [-0.3, -0.25) is 4.98 Å². The lowest BCUT2D eigenvalue weighted by Crippen LogP contribution is -2.52. The fourth-order valence-electron chi connectivity index (χ4n) is 2.03. The molecule has 1 aromatic heterocycles. The normalized spacial score (nSPS) is 11.6. The summed E-state index contributed by atoms with van der Waals surface area (Å²) in [6, 6.07) is 7.26. The summed E-state index contributed by atoms with van der Waals surface area (Å²) in [4.78, 5) is 17.0. The molecule has 19 heavy (non-hydrogen) atoms. The molecule has 0 fully saturated rings. The number of nitrogens with zero attached hydrogens (tertiary/aromatic N) is 2. The maximum atomic E-state index is 11.4. The zero-order chi connectivity index (χ0) is 14.2. The van der Waals surface area contributed by atoms with Crippen LogP contribution in [0.25, 0.3) is 10.9 Å². The van der Waals surface area contributed by atoms with E-state index in [2.05, 4.69) is 20.9 Å². The van der Waals surface area contributed by atoms with Crippen molar-refractivity contribution in [2.75, 3.05) is 4.90 Å². The van der Waals surface area contributed by atoms with Gasteiger partial charge in [0.2, 0.25) is 0 Å². The number of carboxylic acid groups (broad SMARTS) is 1. The highest BCUT2D eigenvalue weighted by Gasteiger charge is 2.24. The highest BCUT2D eigenvalue weighted by molar-refractivity contribution is 9.10. The third kappa shape index (κ3) is 2.71. The van der Waals surface area contributed by atoms with Crippen molar-refractivity contribution in [1.82, 2.24) is 4.98 Å². The molecule has 0 aliphatic heterocycles. The monoisotopic (exact) mass is 321 g/mol. The number of anilines is 1. The second-order valence-electron chi connectivity index (χ2n) is 5.26. The highest BCUT2D eigenvalue weighted by Crippen LogP contribution is 2.31. The van der Waals surface area contributed by atoms with Gasteiger partial charge in [0.1, 0.15) is 6.09 Å². The predicted molar refractivity (Wildman–Crippen MR) is 77.1 cm³/mol. The Kier molecular flexibility index (Phi) is 3.49. The van der Waals surface area contributed by atoms with Crippen LogP contribution in [0.4, 0.5) is 10.5 Å². The third-order valence-electron chi connectivity index (χ3n) is 2.78. The summed E-state index contributed by atoms with van der Waals surface area (Å²) in [7, 11) is 0. The van der Waals surface area contributed by atoms with Gasteiger partial charge in [0.15, 0.2) is 0 Å². The number of benzene rings is 1. The molecule has 100 valence electrons. The van der Waals surface area contributed by atoms with E-state index in [0.717, 1.165) is 15.4 Å². The van der Waals surface area contributed by atoms with Gasteiger partial charge in [-0.15, -0.1) is 0 Å². The molecule has 0 N–H and O–H groups in total. The summed E-state index contributed by atoms with van der Waals surface area (Å²) in [5.41, 5.74) is 0.743. The molecule has 0 aliphatic rings. The van der Waals surface area contributed by atoms with E-state index in [9.17, 15) is 9.90 Å². The maximum absolute atomic E-state index is 11.4. The van der Waals surface area contributed by atoms with Crippen LogP contribution in [-0.4, -0.2) is 16.6 Å². The first kappa shape index (κ1) is 13.8. The number of pyridine rings is 1. The van der Waals surface area contributed by atoms with Crippen molar-refractivity contribution in [2.45, 2.75) is 26.3 Å². The van der Waals surface area contributed by atoms with E-state index in [1.54, 1.807) is 12.3 Å². The van der Waals surface area contributed by atoms with Crippen LogP contribution >= 0.6 is 15.9 Å². The molecule has 5 heteroatoms. The SMILES string of the molecule is CC(C)(C)N(C(=O)[O-])c1ccnc2cc(Br)ccc12. The van der Waals surface area contributed by atoms with Gasteiger partial charge < -0.3 is 14.8 Å². The summed E-state index contributed by atoms with van der Waals surface area (Å²) in [6.07, 6.45) is 0.383. The number of aromatic nitrogens is 1. The molecule has 0 saturated heterocycles. The number of hydrogen-bond acceptors (Lipinski definition) is 3. The van der Waals surface area contributed by atoms with Gasteiger partial charge in [0.25, 0.3) is 0 Å². The molecule has 0 atom stereocenters. The van der Waals surface area contributed by atoms with Crippen LogP contribution < -0.4 is 10.0 Å². The van der Waals surface area contributed by atoms with Crippen LogP contribution in [0.5, 0.6) is 0 Å². The second-order valence-corrected chi connectivity index (χ2v) is 6.18. The largest absolute Gasteiger partial charge is 0.530 e. The van der Waals surface area contributed by atoms with Crippen molar-refractivity contribution < 1.29 is 9.90 Å². The van der Waals surface area contributed by atoms with Gasteiger partial charge in [-0.1, -0.05) is 15.9 Å². The average molecular weight is 322 g/mol. The van der Waals surface area contributed by atoms with E-state index in [1.807, 2.05) is 39.0 Å². The molecule has 0 spiro atoms. The summed E-state index contributed by atoms with van der Waals surface area (Å²) in [5, 5.41) is 12.2. The first-order valence-corrected chi connectivity index (χ1v) is 6.65. The number of hydrogen-bond donors (Lipinski definition) is 0. The van der Waals surface area contributed by atoms with Crippen molar-refractivity contribution in [3.8, 4) is 0 Å². The fourth-order valence-corrected chi connectivity index (χ4v) is 2.38. The fraction of sp³-hybridized carbons (Fsp3) is 0.286. The second kappa shape index (κ2) is 4.81. The smallest absolute Gasteiger partial charge is 0.142 e. The molecule has 0 radical (unpaired) electrons. The number of fused-ring (bicyclic) bond motifs is 1. The molecule has 2 aromatic rings. The molecule has 4 nitrogen and oxygen atoms in total. The molecule has 2 rings (SSSR count). The Morgan fingerprint density at radius 1 is 1.32 bits per heavy atom. The quantitative estimate of drug-likeness (QED) is 0.811. The average Bonchev–Trinajstić information content (AvgIpc) is 2.26. The molecule has 1 heterocycles. The van der Waals surface area contributed by atoms with Gasteiger partial charge in [-0.2, -0.15) is 0 Å². The minimum atomic E-state index is -1.22. The summed E-state index contributed by atoms with van der Waals surface area (Å²) in [6.45, 7) is 5.48. The number of amides is 1. The number of carbonyl (C=O) groups excluding carboxylic acids is 1. The Bertz CT molecular complexity index is 635. The van der Waals surface area contributed by atoms with Gasteiger partial charge in [-0.05, 0) is 45.0 Å². The van der Waals surface area contributed by atoms with Crippen molar-refractivity contribution in [2.24, 2.45) is 0 Å². The van der Waals surface area contributed by atoms with E-state index in [1.165, 1.54) is 4.90 Å². The maximum Gasteiger partial charge on any atom is 0.142 e. The minimum absolute atomic E-state index is 0.583. The van der Waals surface area contributed by atoms with Crippen molar-refractivity contribution in [3.63, 3.8) is 0 Å². The van der Waals surface area contributed by atoms with Gasteiger partial charge in [-0.25, -0.2) is 0 Å². The van der Waals surface area contributed by atoms with Gasteiger partial charge in [0.05, 0.1) is 11.2 Å². The van der Waals surface area contributed by atoms with E-state index < -0.39 is 11.6 Å². The molecule has 0 saturated carbocycles. The molecule has 0 bridgehead atoms. The summed E-state index contributed by atoms with van der Waals surface area (Å²) in [5.74, 6) is 0. The lowest BCUT2D eigenvalue weighted by molar-refractivity contribution is -0.247. The van der Waals surface area contributed by atoms with Crippen LogP contribution in [-0.2, 0) is 0 Å². The molecule has 1 amide bonds. The molecule has 0 unspecified atom stereocenters. The topological polar surface area (TPSA) is 56.3 Å². The molecular formula is C14H14BrN2O2-. The van der Waals surface area contributed by atoms with Gasteiger partial charge >= 0.3 is 0 Å². The summed E-state index contributed by atoms with van der Waals surface area (Å²) < 4.78 is 0.903. The lowest BCUT2D eigenvalue weighted by Gasteiger charge is -2.38. The van der Waals surface area contributed by atoms with Crippen LogP contribution in [0.3, 0.4) is 0 Å². The van der Waals surface area contributed by atoms with Gasteiger partial charge in [0, 0.05) is 21.6 Å². The molecule has 1 aromatic carbocycles. The first-order chi connectivity index (χ1) is 8.80. The minimum Gasteiger partial charge on any atom is -0.530 e. The zero-order valence-corrected chi connectivity index (χ0v) is 12.6. The first-order valence-electron chi connectivity index (χ1n) is 5.86. The number of halogens is 1. The Balaban J connectivity index is 2.70. The lowest BCUT2D eigenvalue weighted by atomic mass is 10.0. The Hall–Kier alpha value is -1.62. The standard InChI is InChI=1S/C14H15BrN2O2/c1-14(2,3)17(13(18)19)12-6-7-16-11-8-9(15)4-5-10(11)12/h4-8H,1-3H3,(H,18,19)/p-1. The number of rotatable bonds is 1. The highest BCUT2D eigenvalue weighted by atomic mass is 79.9. The van der Waals surface area contributed by atoms with E-state index in [4.69, 9.17) is 0 Å². The van der Waals surface area contributed by atoms with Crippen LogP contribution in [0, 0.1) is 0 Å². The van der Waals surface area contributed by atoms with Crippen molar-refractivity contribution in [1.29, 1.82) is 0 Å². The van der Waals surface area contributed by atoms with Crippen molar-refractivity contribution in [3.05, 3.63) is 34.9 Å². The molecular weight excluding hydrogens is 308 g/mol. The van der Waals surface area contributed by atoms with Crippen LogP contribution in [0.15, 0.2) is 34.9 Å². The Labute approximate surface area is 120 Å². The van der Waals surface area contributed by atoms with E-state index in [0.29, 0.717) is 5.69 Å². The van der Waals surface area contributed by atoms with E-state index >= 15 is 0 Å². The third-order valence-corrected chi connectivity index (χ3v) is 3.27. The Morgan fingerprint density at radius 3 is 2.58 bits per heavy atom. The Morgan fingerprint density at radius 2 is 2.00 bits per heavy atom. The zero-order valence-electron chi connectivity index (χ0n) is 11.0. The number of carbonyl (C=O) groups is 1. The predicted octanol–water partition coefficient (Wildman–Crippen LogP) is 2.95. The van der Waals surface area contributed by atoms with E-state index in [-0.39, 0.29) is 0 Å². The van der Waals surface area contributed by atoms with Crippen LogP contribution in [0.1, 0.15) is 20.8 Å². The van der Waals surface area contributed by atoms with Crippen molar-refractivity contribution >= 4 is 38.6 Å². The molecule has 0 aliphatic carbocycles. The van der Waals surface area contributed by atoms with Crippen LogP contribution in [0.2, 0.25) is 0 Å². The summed E-state index contributed by atoms with van der Waals surface area (Å²) >= 11 is 3.38.